The van der Waals surface area contributed by atoms with Crippen molar-refractivity contribution in [2.24, 2.45) is 0 Å². The van der Waals surface area contributed by atoms with Crippen LogP contribution in [-0.4, -0.2) is 41.2 Å². The van der Waals surface area contributed by atoms with E-state index in [2.05, 4.69) is 15.9 Å². The van der Waals surface area contributed by atoms with Gasteiger partial charge < -0.3 is 14.7 Å². The van der Waals surface area contributed by atoms with Gasteiger partial charge in [0.1, 0.15) is 5.75 Å². The largest absolute Gasteiger partial charge is 0.494 e. The van der Waals surface area contributed by atoms with Crippen LogP contribution in [0.2, 0.25) is 0 Å². The van der Waals surface area contributed by atoms with Crippen molar-refractivity contribution in [3.05, 3.63) is 28.7 Å². The number of aliphatic hydroxyl groups is 1. The molecule has 110 valence electrons. The number of carbonyl (C=O) groups excluding carboxylic acids is 1. The van der Waals surface area contributed by atoms with Crippen LogP contribution in [0.3, 0.4) is 0 Å². The van der Waals surface area contributed by atoms with Crippen LogP contribution in [-0.2, 0) is 4.79 Å². The molecule has 1 aromatic carbocycles. The third-order valence-corrected chi connectivity index (χ3v) is 4.13. The summed E-state index contributed by atoms with van der Waals surface area (Å²) in [6.07, 6.45) is 1.86. The summed E-state index contributed by atoms with van der Waals surface area (Å²) in [4.78, 5) is 13.5. The zero-order chi connectivity index (χ0) is 14.6. The maximum absolute atomic E-state index is 11.8. The number of hydrogen-bond donors (Lipinski definition) is 1. The fourth-order valence-corrected chi connectivity index (χ4v) is 2.43. The highest BCUT2D eigenvalue weighted by atomic mass is 79.9. The zero-order valence-corrected chi connectivity index (χ0v) is 13.2. The van der Waals surface area contributed by atoms with Gasteiger partial charge in [-0.05, 0) is 37.1 Å². The molecule has 0 aromatic heterocycles. The summed E-state index contributed by atoms with van der Waals surface area (Å²) in [5.74, 6) is 0.910. The monoisotopic (exact) mass is 341 g/mol. The Kier molecular flexibility index (Phi) is 5.05. The Bertz CT molecular complexity index is 455. The molecule has 20 heavy (non-hydrogen) atoms. The van der Waals surface area contributed by atoms with E-state index in [1.54, 1.807) is 4.90 Å². The lowest BCUT2D eigenvalue weighted by molar-refractivity contribution is -0.155. The van der Waals surface area contributed by atoms with Crippen LogP contribution in [0, 0.1) is 0 Å². The Hall–Kier alpha value is -1.07. The molecule has 0 saturated carbocycles. The molecule has 1 aliphatic heterocycles. The number of hydrogen-bond acceptors (Lipinski definition) is 3. The second-order valence-corrected chi connectivity index (χ2v) is 6.15. The smallest absolute Gasteiger partial charge is 0.222 e. The fourth-order valence-electron chi connectivity index (χ4n) is 2.17. The van der Waals surface area contributed by atoms with E-state index in [9.17, 15) is 9.90 Å². The zero-order valence-electron chi connectivity index (χ0n) is 11.6. The minimum absolute atomic E-state index is 0.0996. The van der Waals surface area contributed by atoms with E-state index in [-0.39, 0.29) is 5.91 Å². The number of nitrogens with zero attached hydrogens (tertiary/aromatic N) is 1. The van der Waals surface area contributed by atoms with E-state index in [0.29, 0.717) is 39.0 Å². The first-order valence-electron chi connectivity index (χ1n) is 6.91. The van der Waals surface area contributed by atoms with E-state index >= 15 is 0 Å². The van der Waals surface area contributed by atoms with Gasteiger partial charge >= 0.3 is 0 Å². The average Bonchev–Trinajstić information content (AvgIpc) is 2.41. The maximum Gasteiger partial charge on any atom is 0.222 e. The first-order valence-corrected chi connectivity index (χ1v) is 7.70. The van der Waals surface area contributed by atoms with Gasteiger partial charge in [-0.15, -0.1) is 0 Å². The Balaban J connectivity index is 1.62. The van der Waals surface area contributed by atoms with Crippen molar-refractivity contribution in [2.75, 3.05) is 19.7 Å². The molecule has 4 nitrogen and oxygen atoms in total. The molecule has 1 heterocycles. The van der Waals surface area contributed by atoms with Gasteiger partial charge in [-0.25, -0.2) is 0 Å². The highest BCUT2D eigenvalue weighted by Crippen LogP contribution is 2.24. The van der Waals surface area contributed by atoms with Crippen LogP contribution in [0.1, 0.15) is 26.2 Å². The van der Waals surface area contributed by atoms with E-state index in [1.165, 1.54) is 0 Å². The molecule has 1 aliphatic rings. The standard InChI is InChI=1S/C15H20BrNO3/c1-2-15(19)10-17(11-15)14(18)4-3-9-20-13-7-5-12(16)6-8-13/h5-8,19H,2-4,9-11H2,1H3. The van der Waals surface area contributed by atoms with Crippen molar-refractivity contribution < 1.29 is 14.6 Å². The summed E-state index contributed by atoms with van der Waals surface area (Å²) in [6, 6.07) is 7.63. The fraction of sp³-hybridized carbons (Fsp3) is 0.533. The third-order valence-electron chi connectivity index (χ3n) is 3.60. The molecule has 0 spiro atoms. The van der Waals surface area contributed by atoms with E-state index in [1.807, 2.05) is 31.2 Å². The average molecular weight is 342 g/mol. The van der Waals surface area contributed by atoms with Crippen molar-refractivity contribution in [3.63, 3.8) is 0 Å². The van der Waals surface area contributed by atoms with Gasteiger partial charge in [0.2, 0.25) is 5.91 Å². The van der Waals surface area contributed by atoms with Gasteiger partial charge in [0, 0.05) is 10.9 Å². The summed E-state index contributed by atoms with van der Waals surface area (Å²) in [5.41, 5.74) is -0.649. The Morgan fingerprint density at radius 1 is 1.40 bits per heavy atom. The molecular formula is C15H20BrNO3. The number of halogens is 1. The number of carbonyl (C=O) groups is 1. The first kappa shape index (κ1) is 15.3. The van der Waals surface area contributed by atoms with Crippen molar-refractivity contribution in [2.45, 2.75) is 31.8 Å². The minimum atomic E-state index is -0.649. The summed E-state index contributed by atoms with van der Waals surface area (Å²) in [6.45, 7) is 3.40. The van der Waals surface area contributed by atoms with E-state index in [0.717, 1.165) is 10.2 Å². The molecule has 0 radical (unpaired) electrons. The van der Waals surface area contributed by atoms with E-state index < -0.39 is 5.60 Å². The van der Waals surface area contributed by atoms with Crippen LogP contribution >= 0.6 is 15.9 Å². The Labute approximate surface area is 127 Å². The first-order chi connectivity index (χ1) is 9.52. The van der Waals surface area contributed by atoms with Gasteiger partial charge in [0.05, 0.1) is 25.3 Å². The molecule has 0 unspecified atom stereocenters. The lowest BCUT2D eigenvalue weighted by Gasteiger charge is -2.46. The summed E-state index contributed by atoms with van der Waals surface area (Å²) in [5, 5.41) is 9.86. The van der Waals surface area contributed by atoms with Crippen LogP contribution in [0.15, 0.2) is 28.7 Å². The van der Waals surface area contributed by atoms with Crippen LogP contribution in [0.25, 0.3) is 0 Å². The quantitative estimate of drug-likeness (QED) is 0.809. The molecule has 0 bridgehead atoms. The summed E-state index contributed by atoms with van der Waals surface area (Å²) >= 11 is 3.37. The van der Waals surface area contributed by atoms with Gasteiger partial charge in [0.25, 0.3) is 0 Å². The molecule has 1 amide bonds. The number of amides is 1. The SMILES string of the molecule is CCC1(O)CN(C(=O)CCCOc2ccc(Br)cc2)C1. The second-order valence-electron chi connectivity index (χ2n) is 5.23. The number of benzene rings is 1. The molecule has 1 fully saturated rings. The number of rotatable bonds is 6. The maximum atomic E-state index is 11.8. The number of likely N-dealkylation sites (tertiary alicyclic amines) is 1. The molecular weight excluding hydrogens is 322 g/mol. The van der Waals surface area contributed by atoms with Crippen LogP contribution in [0.5, 0.6) is 5.75 Å². The normalized spacial score (nSPS) is 16.6. The minimum Gasteiger partial charge on any atom is -0.494 e. The lowest BCUT2D eigenvalue weighted by atomic mass is 9.91. The topological polar surface area (TPSA) is 49.8 Å². The van der Waals surface area contributed by atoms with Gasteiger partial charge in [-0.1, -0.05) is 22.9 Å². The predicted molar refractivity (Wildman–Crippen MR) is 80.7 cm³/mol. The Morgan fingerprint density at radius 2 is 2.05 bits per heavy atom. The van der Waals surface area contributed by atoms with Crippen LogP contribution in [0.4, 0.5) is 0 Å². The lowest BCUT2D eigenvalue weighted by Crippen LogP contribution is -2.63. The summed E-state index contributed by atoms with van der Waals surface area (Å²) in [7, 11) is 0. The molecule has 1 N–H and O–H groups in total. The van der Waals surface area contributed by atoms with Gasteiger partial charge in [-0.3, -0.25) is 4.79 Å². The van der Waals surface area contributed by atoms with Crippen molar-refractivity contribution in [1.82, 2.24) is 4.90 Å². The molecule has 1 aromatic rings. The molecule has 0 atom stereocenters. The highest BCUT2D eigenvalue weighted by molar-refractivity contribution is 9.10. The number of β-amino-alcohol motifs (C(OH)–C–C–N with tert-alkyl or cyclic N) is 1. The van der Waals surface area contributed by atoms with Gasteiger partial charge in [-0.2, -0.15) is 0 Å². The van der Waals surface area contributed by atoms with Crippen LogP contribution < -0.4 is 4.74 Å². The Morgan fingerprint density at radius 3 is 2.65 bits per heavy atom. The molecule has 1 saturated heterocycles. The molecule has 2 rings (SSSR count). The van der Waals surface area contributed by atoms with Crippen molar-refractivity contribution in [1.29, 1.82) is 0 Å². The third kappa shape index (κ3) is 3.96. The number of ether oxygens (including phenoxy) is 1. The predicted octanol–water partition coefficient (Wildman–Crippen LogP) is 2.59. The summed E-state index contributed by atoms with van der Waals surface area (Å²) < 4.78 is 6.58. The highest BCUT2D eigenvalue weighted by Gasteiger charge is 2.41. The molecule has 5 heteroatoms. The van der Waals surface area contributed by atoms with Crippen molar-refractivity contribution in [3.8, 4) is 5.75 Å². The van der Waals surface area contributed by atoms with Crippen molar-refractivity contribution >= 4 is 21.8 Å². The van der Waals surface area contributed by atoms with E-state index in [4.69, 9.17) is 4.74 Å². The second kappa shape index (κ2) is 6.59. The van der Waals surface area contributed by atoms with Gasteiger partial charge in [0.15, 0.2) is 0 Å². The molecule has 0 aliphatic carbocycles.